The molecule has 0 spiro atoms. The zero-order valence-corrected chi connectivity index (χ0v) is 17.3. The number of rotatable bonds is 6. The van der Waals surface area contributed by atoms with Crippen molar-refractivity contribution in [3.05, 3.63) is 94.5 Å². The molecule has 5 rings (SSSR count). The van der Waals surface area contributed by atoms with E-state index in [1.165, 1.54) is 24.3 Å². The molecule has 0 atom stereocenters. The number of esters is 1. The normalized spacial score (nSPS) is 13.8. The van der Waals surface area contributed by atoms with Gasteiger partial charge in [0.25, 0.3) is 11.8 Å². The molecular weight excluding hydrogens is 426 g/mol. The second kappa shape index (κ2) is 8.23. The first kappa shape index (κ1) is 20.4. The van der Waals surface area contributed by atoms with Gasteiger partial charge in [-0.05, 0) is 42.0 Å². The van der Waals surface area contributed by atoms with E-state index >= 15 is 0 Å². The highest BCUT2D eigenvalue weighted by Gasteiger charge is 2.36. The van der Waals surface area contributed by atoms with Gasteiger partial charge in [0.15, 0.2) is 23.9 Å². The van der Waals surface area contributed by atoms with E-state index in [1.807, 2.05) is 30.3 Å². The van der Waals surface area contributed by atoms with Crippen LogP contribution >= 0.6 is 0 Å². The summed E-state index contributed by atoms with van der Waals surface area (Å²) < 4.78 is 15.6. The largest absolute Gasteiger partial charge is 0.454 e. The van der Waals surface area contributed by atoms with E-state index in [-0.39, 0.29) is 30.0 Å². The molecule has 8 heteroatoms. The summed E-state index contributed by atoms with van der Waals surface area (Å²) in [6.45, 7) is -0.260. The van der Waals surface area contributed by atoms with Gasteiger partial charge in [-0.3, -0.25) is 19.3 Å². The Kier molecular flexibility index (Phi) is 5.10. The zero-order valence-electron chi connectivity index (χ0n) is 17.3. The van der Waals surface area contributed by atoms with Gasteiger partial charge >= 0.3 is 5.97 Å². The Morgan fingerprint density at radius 1 is 0.818 bits per heavy atom. The van der Waals surface area contributed by atoms with Crippen molar-refractivity contribution in [1.29, 1.82) is 0 Å². The summed E-state index contributed by atoms with van der Waals surface area (Å²) in [4.78, 5) is 51.5. The summed E-state index contributed by atoms with van der Waals surface area (Å²) in [5, 5.41) is 0. The zero-order chi connectivity index (χ0) is 22.9. The number of hydrogen-bond acceptors (Lipinski definition) is 7. The SMILES string of the molecule is O=C(COC(=O)c1ccc2c(c1)C(=O)N(Cc1ccccc1)C2=O)c1ccc2c(c1)OCO2. The van der Waals surface area contributed by atoms with E-state index in [0.717, 1.165) is 10.5 Å². The van der Waals surface area contributed by atoms with Gasteiger partial charge in [0.05, 0.1) is 23.2 Å². The average molecular weight is 443 g/mol. The van der Waals surface area contributed by atoms with Crippen molar-refractivity contribution < 1.29 is 33.4 Å². The maximum absolute atomic E-state index is 12.8. The summed E-state index contributed by atoms with van der Waals surface area (Å²) in [6.07, 6.45) is 0. The van der Waals surface area contributed by atoms with Gasteiger partial charge < -0.3 is 14.2 Å². The van der Waals surface area contributed by atoms with E-state index in [0.29, 0.717) is 17.1 Å². The van der Waals surface area contributed by atoms with Crippen molar-refractivity contribution >= 4 is 23.6 Å². The van der Waals surface area contributed by atoms with E-state index in [1.54, 1.807) is 12.1 Å². The molecule has 2 aliphatic heterocycles. The smallest absolute Gasteiger partial charge is 0.338 e. The number of carbonyl (C=O) groups is 4. The Bertz CT molecular complexity index is 1300. The highest BCUT2D eigenvalue weighted by atomic mass is 16.7. The predicted octanol–water partition coefficient (Wildman–Crippen LogP) is 3.25. The third-order valence-corrected chi connectivity index (χ3v) is 5.42. The predicted molar refractivity (Wildman–Crippen MR) is 114 cm³/mol. The van der Waals surface area contributed by atoms with Gasteiger partial charge in [-0.1, -0.05) is 30.3 Å². The molecule has 0 saturated heterocycles. The van der Waals surface area contributed by atoms with Crippen molar-refractivity contribution in [3.8, 4) is 11.5 Å². The van der Waals surface area contributed by atoms with E-state index in [9.17, 15) is 19.2 Å². The number of ether oxygens (including phenoxy) is 3. The highest BCUT2D eigenvalue weighted by molar-refractivity contribution is 6.21. The van der Waals surface area contributed by atoms with E-state index < -0.39 is 30.2 Å². The van der Waals surface area contributed by atoms with Gasteiger partial charge in [-0.15, -0.1) is 0 Å². The van der Waals surface area contributed by atoms with Crippen LogP contribution in [0.3, 0.4) is 0 Å². The summed E-state index contributed by atoms with van der Waals surface area (Å²) in [5.74, 6) is -1.09. The standard InChI is InChI=1S/C25H17NO7/c27-20(16-7-9-21-22(11-16)33-14-32-21)13-31-25(30)17-6-8-18-19(10-17)24(29)26(23(18)28)12-15-4-2-1-3-5-15/h1-11H,12-14H2. The molecule has 2 amide bonds. The fourth-order valence-corrected chi connectivity index (χ4v) is 3.70. The van der Waals surface area contributed by atoms with Crippen LogP contribution in [0.25, 0.3) is 0 Å². The number of ketones is 1. The molecule has 0 aliphatic carbocycles. The summed E-state index contributed by atoms with van der Waals surface area (Å²) >= 11 is 0. The summed E-state index contributed by atoms with van der Waals surface area (Å²) in [6, 6.07) is 18.0. The molecular formula is C25H17NO7. The molecule has 0 unspecified atom stereocenters. The maximum atomic E-state index is 12.8. The van der Waals surface area contributed by atoms with Crippen LogP contribution in [0.5, 0.6) is 11.5 Å². The molecule has 8 nitrogen and oxygen atoms in total. The topological polar surface area (TPSA) is 99.2 Å². The lowest BCUT2D eigenvalue weighted by Crippen LogP contribution is -2.29. The van der Waals surface area contributed by atoms with E-state index in [2.05, 4.69) is 0 Å². The molecule has 0 N–H and O–H groups in total. The minimum absolute atomic E-state index is 0.0787. The quantitative estimate of drug-likeness (QED) is 0.328. The summed E-state index contributed by atoms with van der Waals surface area (Å²) in [7, 11) is 0. The lowest BCUT2D eigenvalue weighted by atomic mass is 10.1. The van der Waals surface area contributed by atoms with Crippen LogP contribution in [-0.2, 0) is 11.3 Å². The first-order chi connectivity index (χ1) is 16.0. The Morgan fingerprint density at radius 2 is 1.55 bits per heavy atom. The lowest BCUT2D eigenvalue weighted by Gasteiger charge is -2.13. The molecule has 33 heavy (non-hydrogen) atoms. The van der Waals surface area contributed by atoms with E-state index in [4.69, 9.17) is 14.2 Å². The molecule has 2 aliphatic rings. The van der Waals surface area contributed by atoms with Gasteiger partial charge in [-0.25, -0.2) is 4.79 Å². The molecule has 3 aromatic carbocycles. The number of imide groups is 1. The average Bonchev–Trinajstić information content (AvgIpc) is 3.41. The van der Waals surface area contributed by atoms with Gasteiger partial charge in [0, 0.05) is 5.56 Å². The van der Waals surface area contributed by atoms with Crippen LogP contribution in [0.4, 0.5) is 0 Å². The molecule has 2 heterocycles. The third-order valence-electron chi connectivity index (χ3n) is 5.42. The van der Waals surface area contributed by atoms with Crippen LogP contribution in [0.2, 0.25) is 0 Å². The van der Waals surface area contributed by atoms with Gasteiger partial charge in [-0.2, -0.15) is 0 Å². The van der Waals surface area contributed by atoms with Crippen molar-refractivity contribution in [2.24, 2.45) is 0 Å². The van der Waals surface area contributed by atoms with Gasteiger partial charge in [0.2, 0.25) is 6.79 Å². The monoisotopic (exact) mass is 443 g/mol. The van der Waals surface area contributed by atoms with Crippen molar-refractivity contribution in [2.75, 3.05) is 13.4 Å². The second-order valence-electron chi connectivity index (χ2n) is 7.51. The fraction of sp³-hybridized carbons (Fsp3) is 0.120. The number of fused-ring (bicyclic) bond motifs is 2. The number of benzene rings is 3. The van der Waals surface area contributed by atoms with Crippen LogP contribution < -0.4 is 9.47 Å². The van der Waals surface area contributed by atoms with Crippen molar-refractivity contribution in [3.63, 3.8) is 0 Å². The minimum Gasteiger partial charge on any atom is -0.454 e. The lowest BCUT2D eigenvalue weighted by molar-refractivity contribution is 0.0474. The molecule has 0 bridgehead atoms. The molecule has 0 radical (unpaired) electrons. The number of amides is 2. The summed E-state index contributed by atoms with van der Waals surface area (Å²) in [5.41, 5.74) is 1.57. The molecule has 0 aromatic heterocycles. The molecule has 164 valence electrons. The van der Waals surface area contributed by atoms with Crippen LogP contribution in [0, 0.1) is 0 Å². The van der Waals surface area contributed by atoms with Gasteiger partial charge in [0.1, 0.15) is 0 Å². The van der Waals surface area contributed by atoms with Crippen molar-refractivity contribution in [2.45, 2.75) is 6.54 Å². The first-order valence-electron chi connectivity index (χ1n) is 10.2. The van der Waals surface area contributed by atoms with Crippen LogP contribution in [-0.4, -0.2) is 41.9 Å². The van der Waals surface area contributed by atoms with Crippen LogP contribution in [0.15, 0.2) is 66.7 Å². The minimum atomic E-state index is -0.770. The maximum Gasteiger partial charge on any atom is 0.338 e. The molecule has 0 saturated carbocycles. The third kappa shape index (κ3) is 3.82. The highest BCUT2D eigenvalue weighted by Crippen LogP contribution is 2.32. The Hall–Kier alpha value is -4.46. The number of nitrogens with zero attached hydrogens (tertiary/aromatic N) is 1. The molecule has 0 fully saturated rings. The second-order valence-corrected chi connectivity index (χ2v) is 7.51. The number of Topliss-reactive ketones (excluding diaryl/α,β-unsaturated/α-hetero) is 1. The Balaban J connectivity index is 1.27. The fourth-order valence-electron chi connectivity index (χ4n) is 3.70. The number of hydrogen-bond donors (Lipinski definition) is 0. The van der Waals surface area contributed by atoms with Crippen molar-refractivity contribution in [1.82, 2.24) is 4.90 Å². The van der Waals surface area contributed by atoms with Crippen LogP contribution in [0.1, 0.15) is 47.0 Å². The Labute approximate surface area is 188 Å². The number of carbonyl (C=O) groups excluding carboxylic acids is 4. The molecule has 3 aromatic rings. The Morgan fingerprint density at radius 3 is 2.36 bits per heavy atom. The first-order valence-corrected chi connectivity index (χ1v) is 10.2.